The number of benzene rings is 2. The summed E-state index contributed by atoms with van der Waals surface area (Å²) in [5.74, 6) is 0.709. The van der Waals surface area contributed by atoms with Gasteiger partial charge in [0.2, 0.25) is 0 Å². The first-order valence-electron chi connectivity index (χ1n) is 12.2. The van der Waals surface area contributed by atoms with Gasteiger partial charge in [-0.25, -0.2) is 0 Å². The van der Waals surface area contributed by atoms with Gasteiger partial charge in [-0.15, -0.1) is 0 Å². The molecule has 1 aliphatic rings. The molecule has 7 heteroatoms. The fraction of sp³-hybridized carbons (Fsp3) is 0.500. The van der Waals surface area contributed by atoms with Crippen LogP contribution in [0.15, 0.2) is 66.2 Å². The van der Waals surface area contributed by atoms with Gasteiger partial charge in [-0.05, 0) is 61.8 Å². The van der Waals surface area contributed by atoms with Gasteiger partial charge in [0.15, 0.2) is 14.6 Å². The third kappa shape index (κ3) is 8.00. The number of aliphatic hydroxyl groups excluding tert-OH is 1. The Balaban J connectivity index is 1.77. The molecule has 0 aliphatic carbocycles. The Morgan fingerprint density at radius 1 is 1.03 bits per heavy atom. The Kier molecular flexibility index (Phi) is 10.1. The van der Waals surface area contributed by atoms with Gasteiger partial charge in [0.05, 0.1) is 39.1 Å². The maximum atomic E-state index is 9.69. The van der Waals surface area contributed by atoms with E-state index < -0.39 is 20.2 Å². The zero-order valence-electron chi connectivity index (χ0n) is 21.7. The average molecular weight is 501 g/mol. The molecule has 192 valence electrons. The van der Waals surface area contributed by atoms with E-state index in [0.29, 0.717) is 32.8 Å². The summed E-state index contributed by atoms with van der Waals surface area (Å²) in [6, 6.07) is 18.0. The van der Waals surface area contributed by atoms with Crippen molar-refractivity contribution >= 4 is 8.32 Å². The van der Waals surface area contributed by atoms with Crippen molar-refractivity contribution in [1.29, 1.82) is 0 Å². The maximum Gasteiger partial charge on any atom is 0.184 e. The Morgan fingerprint density at radius 2 is 1.71 bits per heavy atom. The summed E-state index contributed by atoms with van der Waals surface area (Å²) in [4.78, 5) is 0. The van der Waals surface area contributed by atoms with Crippen LogP contribution >= 0.6 is 0 Å². The summed E-state index contributed by atoms with van der Waals surface area (Å²) in [7, 11) is -0.290. The van der Waals surface area contributed by atoms with Crippen molar-refractivity contribution in [3.05, 3.63) is 77.4 Å². The van der Waals surface area contributed by atoms with E-state index >= 15 is 0 Å². The Morgan fingerprint density at radius 3 is 2.34 bits per heavy atom. The molecule has 1 heterocycles. The number of rotatable bonds is 12. The first-order chi connectivity index (χ1) is 16.7. The molecule has 0 aromatic heterocycles. The van der Waals surface area contributed by atoms with E-state index in [1.165, 1.54) is 0 Å². The number of ether oxygens (including phenoxy) is 4. The minimum absolute atomic E-state index is 0.0576. The Hall–Kier alpha value is -2.00. The molecule has 1 aliphatic heterocycles. The third-order valence-electron chi connectivity index (χ3n) is 6.19. The molecule has 0 radical (unpaired) electrons. The first kappa shape index (κ1) is 27.6. The molecule has 3 rings (SSSR count). The van der Waals surface area contributed by atoms with Gasteiger partial charge in [-0.1, -0.05) is 48.5 Å². The second kappa shape index (κ2) is 12.8. The number of methoxy groups -OCH3 is 1. The minimum Gasteiger partial charge on any atom is -0.497 e. The van der Waals surface area contributed by atoms with E-state index in [0.717, 1.165) is 22.4 Å². The van der Waals surface area contributed by atoms with Gasteiger partial charge >= 0.3 is 0 Å². The van der Waals surface area contributed by atoms with Crippen molar-refractivity contribution in [3.8, 4) is 5.75 Å². The van der Waals surface area contributed by atoms with Gasteiger partial charge in [0.1, 0.15) is 5.75 Å². The van der Waals surface area contributed by atoms with E-state index in [1.807, 2.05) is 48.5 Å². The van der Waals surface area contributed by atoms with E-state index in [9.17, 15) is 5.11 Å². The molecule has 6 nitrogen and oxygen atoms in total. The lowest BCUT2D eigenvalue weighted by atomic mass is 9.78. The highest BCUT2D eigenvalue weighted by Gasteiger charge is 2.49. The molecule has 2 aromatic rings. The van der Waals surface area contributed by atoms with Crippen molar-refractivity contribution in [2.45, 2.75) is 58.1 Å². The van der Waals surface area contributed by atoms with Gasteiger partial charge in [-0.3, -0.25) is 0 Å². The average Bonchev–Trinajstić information content (AvgIpc) is 2.83. The largest absolute Gasteiger partial charge is 0.497 e. The topological polar surface area (TPSA) is 66.4 Å². The summed E-state index contributed by atoms with van der Waals surface area (Å²) in [6.07, 6.45) is 2.05. The molecular formula is C28H40O6Si. The van der Waals surface area contributed by atoms with Crippen LogP contribution in [0.2, 0.25) is 19.6 Å². The fourth-order valence-corrected chi connectivity index (χ4v) is 6.08. The summed E-state index contributed by atoms with van der Waals surface area (Å²) < 4.78 is 30.6. The van der Waals surface area contributed by atoms with Crippen molar-refractivity contribution in [3.63, 3.8) is 0 Å². The van der Waals surface area contributed by atoms with Crippen LogP contribution in [0.25, 0.3) is 0 Å². The van der Waals surface area contributed by atoms with Crippen LogP contribution in [0.1, 0.15) is 24.5 Å². The molecule has 0 bridgehead atoms. The molecule has 1 fully saturated rings. The molecule has 35 heavy (non-hydrogen) atoms. The SMILES string of the molecule is COc1ccc(CO[C@@H]2OC/C(=C\CO)[C@@](C)(O[Si](C)(C)C)[C@H]2CCOCc2ccccc2)cc1. The normalized spacial score (nSPS) is 24.0. The molecule has 0 saturated carbocycles. The zero-order valence-corrected chi connectivity index (χ0v) is 22.7. The van der Waals surface area contributed by atoms with Crippen LogP contribution < -0.4 is 4.74 Å². The predicted molar refractivity (Wildman–Crippen MR) is 140 cm³/mol. The molecule has 0 spiro atoms. The van der Waals surface area contributed by atoms with Crippen LogP contribution in [0.3, 0.4) is 0 Å². The van der Waals surface area contributed by atoms with Crippen LogP contribution in [-0.2, 0) is 31.9 Å². The van der Waals surface area contributed by atoms with Crippen molar-refractivity contribution in [2.75, 3.05) is 26.9 Å². The van der Waals surface area contributed by atoms with Crippen LogP contribution in [-0.4, -0.2) is 52.2 Å². The molecule has 3 atom stereocenters. The smallest absolute Gasteiger partial charge is 0.184 e. The maximum absolute atomic E-state index is 9.69. The standard InChI is InChI=1S/C28H40O6Si/c1-28(34-35(3,4)5)24(15-17-29)21-33-27(32-20-23-11-13-25(30-2)14-12-23)26(28)16-18-31-19-22-9-7-6-8-10-22/h6-15,26-27,29H,16-21H2,1-5H3/b24-15+/t26-,27+,28+/m0/s1. The van der Waals surface area contributed by atoms with Crippen LogP contribution in [0.4, 0.5) is 0 Å². The van der Waals surface area contributed by atoms with Gasteiger partial charge in [0, 0.05) is 12.5 Å². The number of aliphatic hydroxyl groups is 1. The van der Waals surface area contributed by atoms with Crippen molar-refractivity contribution in [1.82, 2.24) is 0 Å². The summed E-state index contributed by atoms with van der Waals surface area (Å²) in [6.45, 7) is 10.5. The predicted octanol–water partition coefficient (Wildman–Crippen LogP) is 5.32. The monoisotopic (exact) mass is 500 g/mol. The Bertz CT molecular complexity index is 925. The van der Waals surface area contributed by atoms with E-state index in [4.69, 9.17) is 23.4 Å². The van der Waals surface area contributed by atoms with Gasteiger partial charge < -0.3 is 28.5 Å². The second-order valence-corrected chi connectivity index (χ2v) is 14.4. The zero-order chi connectivity index (χ0) is 25.3. The number of hydrogen-bond acceptors (Lipinski definition) is 6. The highest BCUT2D eigenvalue weighted by molar-refractivity contribution is 6.69. The van der Waals surface area contributed by atoms with E-state index in [-0.39, 0.29) is 12.5 Å². The molecule has 2 aromatic carbocycles. The van der Waals surface area contributed by atoms with Gasteiger partial charge in [0.25, 0.3) is 0 Å². The molecular weight excluding hydrogens is 460 g/mol. The highest BCUT2D eigenvalue weighted by Crippen LogP contribution is 2.42. The van der Waals surface area contributed by atoms with E-state index in [2.05, 4.69) is 38.7 Å². The molecule has 1 saturated heterocycles. The third-order valence-corrected chi connectivity index (χ3v) is 7.23. The van der Waals surface area contributed by atoms with E-state index in [1.54, 1.807) is 7.11 Å². The lowest BCUT2D eigenvalue weighted by Gasteiger charge is -2.49. The molecule has 0 unspecified atom stereocenters. The quantitative estimate of drug-likeness (QED) is 0.242. The lowest BCUT2D eigenvalue weighted by Crippen LogP contribution is -2.56. The fourth-order valence-electron chi connectivity index (χ4n) is 4.53. The number of hydrogen-bond donors (Lipinski definition) is 1. The molecule has 0 amide bonds. The second-order valence-electron chi connectivity index (χ2n) is 10.0. The minimum atomic E-state index is -1.95. The van der Waals surface area contributed by atoms with Crippen LogP contribution in [0.5, 0.6) is 5.75 Å². The summed E-state index contributed by atoms with van der Waals surface area (Å²) in [5.41, 5.74) is 2.52. The van der Waals surface area contributed by atoms with Crippen molar-refractivity contribution < 1.29 is 28.5 Å². The first-order valence-corrected chi connectivity index (χ1v) is 15.6. The summed E-state index contributed by atoms with van der Waals surface area (Å²) in [5, 5.41) is 9.69. The van der Waals surface area contributed by atoms with Crippen LogP contribution in [0, 0.1) is 5.92 Å². The summed E-state index contributed by atoms with van der Waals surface area (Å²) >= 11 is 0. The Labute approximate surface area is 210 Å². The van der Waals surface area contributed by atoms with Gasteiger partial charge in [-0.2, -0.15) is 0 Å². The van der Waals surface area contributed by atoms with Crippen molar-refractivity contribution in [2.24, 2.45) is 5.92 Å². The highest BCUT2D eigenvalue weighted by atomic mass is 28.4. The molecule has 1 N–H and O–H groups in total. The lowest BCUT2D eigenvalue weighted by molar-refractivity contribution is -0.229.